The maximum atomic E-state index is 11.2. The number of allylic oxidation sites excluding steroid dienone is 1. The van der Waals surface area contributed by atoms with Crippen molar-refractivity contribution < 1.29 is 15.3 Å². The van der Waals surface area contributed by atoms with Crippen molar-refractivity contribution >= 4 is 0 Å². The summed E-state index contributed by atoms with van der Waals surface area (Å²) in [5.41, 5.74) is 1.54. The Hall–Kier alpha value is -0.380. The van der Waals surface area contributed by atoms with Crippen molar-refractivity contribution in [1.82, 2.24) is 0 Å². The number of aliphatic hydroxyl groups is 3. The Morgan fingerprint density at radius 3 is 2.58 bits per heavy atom. The molecule has 4 rings (SSSR count). The molecule has 0 aliphatic heterocycles. The monoisotopic (exact) mass is 334 g/mol. The summed E-state index contributed by atoms with van der Waals surface area (Å²) in [7, 11) is 0. The third kappa shape index (κ3) is 2.20. The minimum atomic E-state index is -0.290. The Balaban J connectivity index is 1.70. The van der Waals surface area contributed by atoms with Crippen molar-refractivity contribution in [2.75, 3.05) is 0 Å². The first kappa shape index (κ1) is 17.1. The standard InChI is InChI=1S/C21H34O3/c1-12(22)16-6-7-17-15-5-4-13-10-14(23)8-9-20(13,2)19(15)18(24)11-21(16,17)3/h10,12,14-19,22-24H,4-9,11H2,1-3H3/t12-,14+,15?,16?,17?,18?,19?,20+,21-/m1/s1. The van der Waals surface area contributed by atoms with E-state index >= 15 is 0 Å². The third-order valence-electron chi connectivity index (χ3n) is 8.68. The van der Waals surface area contributed by atoms with E-state index in [9.17, 15) is 15.3 Å². The maximum Gasteiger partial charge on any atom is 0.0724 e. The molecule has 0 bridgehead atoms. The van der Waals surface area contributed by atoms with E-state index in [1.54, 1.807) is 0 Å². The van der Waals surface area contributed by atoms with Crippen LogP contribution in [0.3, 0.4) is 0 Å². The Bertz CT molecular complexity index is 541. The van der Waals surface area contributed by atoms with Gasteiger partial charge in [0.05, 0.1) is 18.3 Å². The molecule has 0 aromatic rings. The maximum absolute atomic E-state index is 11.2. The lowest BCUT2D eigenvalue weighted by molar-refractivity contribution is -0.138. The zero-order valence-corrected chi connectivity index (χ0v) is 15.4. The van der Waals surface area contributed by atoms with Crippen LogP contribution in [0.4, 0.5) is 0 Å². The van der Waals surface area contributed by atoms with Crippen LogP contribution in [-0.4, -0.2) is 33.6 Å². The van der Waals surface area contributed by atoms with E-state index < -0.39 is 0 Å². The molecule has 9 atom stereocenters. The van der Waals surface area contributed by atoms with Crippen LogP contribution in [0.2, 0.25) is 0 Å². The Morgan fingerprint density at radius 1 is 1.12 bits per heavy atom. The zero-order valence-electron chi connectivity index (χ0n) is 15.4. The summed E-state index contributed by atoms with van der Waals surface area (Å²) in [5, 5.41) is 31.5. The summed E-state index contributed by atoms with van der Waals surface area (Å²) in [6.45, 7) is 6.61. The quantitative estimate of drug-likeness (QED) is 0.645. The summed E-state index contributed by atoms with van der Waals surface area (Å²) in [6, 6.07) is 0. The molecule has 3 N–H and O–H groups in total. The highest BCUT2D eigenvalue weighted by Gasteiger charge is 2.62. The molecule has 5 unspecified atom stereocenters. The van der Waals surface area contributed by atoms with Crippen molar-refractivity contribution in [1.29, 1.82) is 0 Å². The first-order chi connectivity index (χ1) is 11.3. The molecule has 0 aromatic carbocycles. The molecular weight excluding hydrogens is 300 g/mol. The average Bonchev–Trinajstić information content (AvgIpc) is 2.84. The van der Waals surface area contributed by atoms with Gasteiger partial charge in [-0.05, 0) is 86.4 Å². The molecule has 4 aliphatic carbocycles. The molecule has 24 heavy (non-hydrogen) atoms. The molecule has 0 heterocycles. The Kier molecular flexibility index (Phi) is 3.95. The van der Waals surface area contributed by atoms with E-state index in [1.165, 1.54) is 12.0 Å². The van der Waals surface area contributed by atoms with Gasteiger partial charge >= 0.3 is 0 Å². The van der Waals surface area contributed by atoms with Crippen LogP contribution in [-0.2, 0) is 0 Å². The van der Waals surface area contributed by atoms with Gasteiger partial charge in [0.25, 0.3) is 0 Å². The second-order valence-electron chi connectivity index (χ2n) is 9.75. The second-order valence-corrected chi connectivity index (χ2v) is 9.75. The summed E-state index contributed by atoms with van der Waals surface area (Å²) in [5.74, 6) is 1.86. The number of rotatable bonds is 1. The number of fused-ring (bicyclic) bond motifs is 5. The molecule has 0 aromatic heterocycles. The van der Waals surface area contributed by atoms with Gasteiger partial charge < -0.3 is 15.3 Å². The Labute approximate surface area is 146 Å². The fraction of sp³-hybridized carbons (Fsp3) is 0.905. The molecule has 3 saturated carbocycles. The molecule has 4 aliphatic rings. The molecule has 0 radical (unpaired) electrons. The molecule has 136 valence electrons. The van der Waals surface area contributed by atoms with Crippen molar-refractivity contribution in [3.8, 4) is 0 Å². The number of hydrogen-bond donors (Lipinski definition) is 3. The lowest BCUT2D eigenvalue weighted by atomic mass is 9.45. The summed E-state index contributed by atoms with van der Waals surface area (Å²) >= 11 is 0. The van der Waals surface area contributed by atoms with Crippen molar-refractivity contribution in [3.05, 3.63) is 11.6 Å². The summed E-state index contributed by atoms with van der Waals surface area (Å²) < 4.78 is 0. The van der Waals surface area contributed by atoms with Crippen LogP contribution < -0.4 is 0 Å². The van der Waals surface area contributed by atoms with Crippen LogP contribution >= 0.6 is 0 Å². The van der Waals surface area contributed by atoms with Gasteiger partial charge in [-0.1, -0.05) is 25.5 Å². The highest BCUT2D eigenvalue weighted by molar-refractivity contribution is 5.26. The molecule has 3 fully saturated rings. The van der Waals surface area contributed by atoms with Gasteiger partial charge in [0.1, 0.15) is 0 Å². The van der Waals surface area contributed by atoms with E-state index in [0.717, 1.165) is 38.5 Å². The van der Waals surface area contributed by atoms with Crippen LogP contribution in [0.1, 0.15) is 65.7 Å². The summed E-state index contributed by atoms with van der Waals surface area (Å²) in [4.78, 5) is 0. The predicted octanol–water partition coefficient (Wildman–Crippen LogP) is 3.28. The largest absolute Gasteiger partial charge is 0.393 e. The molecule has 0 amide bonds. The molecule has 3 heteroatoms. The topological polar surface area (TPSA) is 60.7 Å². The van der Waals surface area contributed by atoms with Crippen molar-refractivity contribution in [3.63, 3.8) is 0 Å². The van der Waals surface area contributed by atoms with E-state index in [1.807, 2.05) is 6.92 Å². The minimum Gasteiger partial charge on any atom is -0.393 e. The van der Waals surface area contributed by atoms with Gasteiger partial charge in [-0.3, -0.25) is 0 Å². The fourth-order valence-corrected chi connectivity index (χ4v) is 7.67. The van der Waals surface area contributed by atoms with Crippen LogP contribution in [0, 0.1) is 34.5 Å². The minimum absolute atomic E-state index is 0.0613. The normalized spacial score (nSPS) is 55.2. The fourth-order valence-electron chi connectivity index (χ4n) is 7.67. The first-order valence-electron chi connectivity index (χ1n) is 10.0. The molecule has 0 spiro atoms. The van der Waals surface area contributed by atoms with E-state index in [2.05, 4.69) is 19.9 Å². The second kappa shape index (κ2) is 5.56. The number of hydrogen-bond acceptors (Lipinski definition) is 3. The van der Waals surface area contributed by atoms with Crippen molar-refractivity contribution in [2.45, 2.75) is 84.0 Å². The Morgan fingerprint density at radius 2 is 1.88 bits per heavy atom. The van der Waals surface area contributed by atoms with Gasteiger partial charge in [0.15, 0.2) is 0 Å². The third-order valence-corrected chi connectivity index (χ3v) is 8.68. The summed E-state index contributed by atoms with van der Waals surface area (Å²) in [6.07, 6.45) is 8.44. The molecule has 3 nitrogen and oxygen atoms in total. The highest BCUT2D eigenvalue weighted by Crippen LogP contribution is 2.67. The number of aliphatic hydroxyl groups excluding tert-OH is 3. The van der Waals surface area contributed by atoms with E-state index in [4.69, 9.17) is 0 Å². The highest BCUT2D eigenvalue weighted by atomic mass is 16.3. The smallest absolute Gasteiger partial charge is 0.0724 e. The van der Waals surface area contributed by atoms with Crippen LogP contribution in [0.25, 0.3) is 0 Å². The van der Waals surface area contributed by atoms with E-state index in [0.29, 0.717) is 23.7 Å². The van der Waals surface area contributed by atoms with E-state index in [-0.39, 0.29) is 29.1 Å². The van der Waals surface area contributed by atoms with Gasteiger partial charge in [-0.2, -0.15) is 0 Å². The SMILES string of the molecule is C[C@@H](O)C1CCC2C3CCC4=C[C@@H](O)CC[C@]4(C)C3C(O)C[C@@]21C. The van der Waals surface area contributed by atoms with Gasteiger partial charge in [-0.25, -0.2) is 0 Å². The van der Waals surface area contributed by atoms with Gasteiger partial charge in [0, 0.05) is 0 Å². The molecule has 0 saturated heterocycles. The average molecular weight is 335 g/mol. The zero-order chi connectivity index (χ0) is 17.3. The lowest BCUT2D eigenvalue weighted by Gasteiger charge is -2.60. The van der Waals surface area contributed by atoms with Crippen LogP contribution in [0.5, 0.6) is 0 Å². The van der Waals surface area contributed by atoms with Gasteiger partial charge in [-0.15, -0.1) is 0 Å². The first-order valence-corrected chi connectivity index (χ1v) is 10.0. The molecular formula is C21H34O3. The van der Waals surface area contributed by atoms with Gasteiger partial charge in [0.2, 0.25) is 0 Å². The van der Waals surface area contributed by atoms with Crippen molar-refractivity contribution in [2.24, 2.45) is 34.5 Å². The lowest BCUT2D eigenvalue weighted by Crippen LogP contribution is -2.57. The van der Waals surface area contributed by atoms with Crippen LogP contribution in [0.15, 0.2) is 11.6 Å². The predicted molar refractivity (Wildman–Crippen MR) is 94.3 cm³/mol.